The van der Waals surface area contributed by atoms with Crippen LogP contribution in [0.1, 0.15) is 5.82 Å². The van der Waals surface area contributed by atoms with Gasteiger partial charge in [0, 0.05) is 12.4 Å². The fourth-order valence-corrected chi connectivity index (χ4v) is 2.90. The third kappa shape index (κ3) is 2.06. The van der Waals surface area contributed by atoms with Gasteiger partial charge in [0.05, 0.1) is 18.6 Å². The molecule has 0 amide bonds. The Hall–Kier alpha value is -3.75. The van der Waals surface area contributed by atoms with Crippen molar-refractivity contribution in [1.82, 2.24) is 34.5 Å². The molecule has 0 atom stereocenters. The van der Waals surface area contributed by atoms with Crippen LogP contribution in [-0.4, -0.2) is 34.5 Å². The van der Waals surface area contributed by atoms with E-state index in [2.05, 4.69) is 25.1 Å². The zero-order valence-electron chi connectivity index (χ0n) is 12.9. The fourth-order valence-electron chi connectivity index (χ4n) is 2.90. The van der Waals surface area contributed by atoms with E-state index >= 15 is 0 Å². The maximum absolute atomic E-state index is 12.4. The molecule has 0 radical (unpaired) electrons. The van der Waals surface area contributed by atoms with Crippen molar-refractivity contribution >= 4 is 23.1 Å². The number of hydrogen-bond acceptors (Lipinski definition) is 6. The average Bonchev–Trinajstić information content (AvgIpc) is 3.27. The Morgan fingerprint density at radius 3 is 2.84 bits per heavy atom. The van der Waals surface area contributed by atoms with Crippen molar-refractivity contribution in [2.45, 2.75) is 6.54 Å². The molecule has 0 aliphatic carbocycles. The van der Waals surface area contributed by atoms with E-state index in [0.29, 0.717) is 23.4 Å². The lowest BCUT2D eigenvalue weighted by atomic mass is 10.3. The van der Waals surface area contributed by atoms with E-state index in [1.54, 1.807) is 15.6 Å². The number of benzene rings is 1. The van der Waals surface area contributed by atoms with Crippen LogP contribution in [0.15, 0.2) is 54.0 Å². The largest absolute Gasteiger partial charge is 0.322 e. The first-order valence-corrected chi connectivity index (χ1v) is 7.66. The molecular weight excluding hydrogens is 320 g/mol. The standard InChI is InChI=1S/C16H12N8O/c25-16-13-14(18-9-19-16)24(11-4-2-1-3-5-11)21-15(13)22-6-7-23-12(8-22)17-10-20-23/h1-7,9-10H,8H2,(H,18,19,25). The van der Waals surface area contributed by atoms with Gasteiger partial charge in [0.1, 0.15) is 11.7 Å². The molecule has 1 N–H and O–H groups in total. The summed E-state index contributed by atoms with van der Waals surface area (Å²) in [7, 11) is 0. The zero-order chi connectivity index (χ0) is 16.8. The maximum atomic E-state index is 12.4. The molecule has 1 aliphatic rings. The third-order valence-electron chi connectivity index (χ3n) is 4.07. The van der Waals surface area contributed by atoms with Gasteiger partial charge in [-0.15, -0.1) is 5.10 Å². The van der Waals surface area contributed by atoms with Gasteiger partial charge in [-0.1, -0.05) is 18.2 Å². The summed E-state index contributed by atoms with van der Waals surface area (Å²) in [5, 5.41) is 9.19. The van der Waals surface area contributed by atoms with Crippen LogP contribution in [0.25, 0.3) is 22.9 Å². The number of para-hydroxylation sites is 1. The number of aromatic amines is 1. The SMILES string of the molecule is O=c1[nH]cnc2c1c(N1C=Cn3ncnc3C1)nn2-c1ccccc1. The quantitative estimate of drug-likeness (QED) is 0.591. The molecule has 4 heterocycles. The van der Waals surface area contributed by atoms with Crippen molar-refractivity contribution in [2.24, 2.45) is 0 Å². The Morgan fingerprint density at radius 2 is 1.96 bits per heavy atom. The first kappa shape index (κ1) is 13.7. The molecule has 0 unspecified atom stereocenters. The van der Waals surface area contributed by atoms with Gasteiger partial charge in [-0.25, -0.2) is 19.3 Å². The first-order valence-electron chi connectivity index (χ1n) is 7.66. The van der Waals surface area contributed by atoms with Gasteiger partial charge in [0.25, 0.3) is 5.56 Å². The van der Waals surface area contributed by atoms with Crippen LogP contribution in [0.4, 0.5) is 5.82 Å². The molecule has 9 nitrogen and oxygen atoms in total. The van der Waals surface area contributed by atoms with Crippen LogP contribution in [-0.2, 0) is 6.54 Å². The summed E-state index contributed by atoms with van der Waals surface area (Å²) in [6.45, 7) is 0.464. The summed E-state index contributed by atoms with van der Waals surface area (Å²) in [5.74, 6) is 1.30. The van der Waals surface area contributed by atoms with Crippen molar-refractivity contribution in [3.63, 3.8) is 0 Å². The fraction of sp³-hybridized carbons (Fsp3) is 0.0625. The van der Waals surface area contributed by atoms with Gasteiger partial charge in [0.15, 0.2) is 17.3 Å². The molecule has 122 valence electrons. The van der Waals surface area contributed by atoms with Crippen molar-refractivity contribution in [1.29, 1.82) is 0 Å². The molecule has 25 heavy (non-hydrogen) atoms. The van der Waals surface area contributed by atoms with E-state index in [1.165, 1.54) is 12.7 Å². The Bertz CT molecular complexity index is 1150. The molecule has 0 bridgehead atoms. The summed E-state index contributed by atoms with van der Waals surface area (Å²) in [6.07, 6.45) is 6.49. The van der Waals surface area contributed by atoms with E-state index in [0.717, 1.165) is 11.5 Å². The van der Waals surface area contributed by atoms with E-state index in [9.17, 15) is 4.79 Å². The minimum Gasteiger partial charge on any atom is -0.322 e. The van der Waals surface area contributed by atoms with E-state index < -0.39 is 0 Å². The maximum Gasteiger partial charge on any atom is 0.264 e. The molecule has 1 aromatic carbocycles. The second kappa shape index (κ2) is 5.13. The highest BCUT2D eigenvalue weighted by Crippen LogP contribution is 2.27. The van der Waals surface area contributed by atoms with E-state index in [-0.39, 0.29) is 5.56 Å². The first-order chi connectivity index (χ1) is 12.3. The van der Waals surface area contributed by atoms with Crippen LogP contribution >= 0.6 is 0 Å². The van der Waals surface area contributed by atoms with Crippen molar-refractivity contribution in [3.05, 3.63) is 65.4 Å². The summed E-state index contributed by atoms with van der Waals surface area (Å²) >= 11 is 0. The zero-order valence-corrected chi connectivity index (χ0v) is 12.9. The van der Waals surface area contributed by atoms with Crippen molar-refractivity contribution in [3.8, 4) is 5.69 Å². The Morgan fingerprint density at radius 1 is 1.08 bits per heavy atom. The third-order valence-corrected chi connectivity index (χ3v) is 4.07. The molecule has 4 aromatic rings. The molecule has 9 heteroatoms. The lowest BCUT2D eigenvalue weighted by Crippen LogP contribution is -2.24. The van der Waals surface area contributed by atoms with Gasteiger partial charge < -0.3 is 9.88 Å². The second-order valence-corrected chi connectivity index (χ2v) is 5.55. The van der Waals surface area contributed by atoms with Gasteiger partial charge in [0.2, 0.25) is 0 Å². The number of fused-ring (bicyclic) bond motifs is 2. The van der Waals surface area contributed by atoms with Gasteiger partial charge in [-0.05, 0) is 12.1 Å². The molecule has 0 fully saturated rings. The highest BCUT2D eigenvalue weighted by atomic mass is 16.1. The number of nitrogens with zero attached hydrogens (tertiary/aromatic N) is 7. The number of hydrogen-bond donors (Lipinski definition) is 1. The van der Waals surface area contributed by atoms with Crippen LogP contribution < -0.4 is 10.5 Å². The second-order valence-electron chi connectivity index (χ2n) is 5.55. The van der Waals surface area contributed by atoms with Gasteiger partial charge in [-0.3, -0.25) is 4.79 Å². The van der Waals surface area contributed by atoms with E-state index in [1.807, 2.05) is 41.4 Å². The Balaban J connectivity index is 1.73. The lowest BCUT2D eigenvalue weighted by molar-refractivity contribution is 0.761. The number of nitrogens with one attached hydrogen (secondary N) is 1. The molecule has 5 rings (SSSR count). The number of aromatic nitrogens is 7. The predicted molar refractivity (Wildman–Crippen MR) is 91.0 cm³/mol. The molecule has 0 saturated heterocycles. The number of rotatable bonds is 2. The minimum atomic E-state index is -0.234. The minimum absolute atomic E-state index is 0.234. The molecule has 1 aliphatic heterocycles. The van der Waals surface area contributed by atoms with Crippen LogP contribution in [0, 0.1) is 0 Å². The summed E-state index contributed by atoms with van der Waals surface area (Å²) in [6, 6.07) is 9.60. The summed E-state index contributed by atoms with van der Waals surface area (Å²) < 4.78 is 3.36. The van der Waals surface area contributed by atoms with E-state index in [4.69, 9.17) is 0 Å². The smallest absolute Gasteiger partial charge is 0.264 e. The number of H-pyrrole nitrogens is 1. The molecular formula is C16H12N8O. The monoisotopic (exact) mass is 332 g/mol. The average molecular weight is 332 g/mol. The van der Waals surface area contributed by atoms with Crippen LogP contribution in [0.2, 0.25) is 0 Å². The van der Waals surface area contributed by atoms with Crippen LogP contribution in [0.5, 0.6) is 0 Å². The highest BCUT2D eigenvalue weighted by molar-refractivity contribution is 5.89. The normalized spacial score (nSPS) is 13.4. The topological polar surface area (TPSA) is 97.5 Å². The lowest BCUT2D eigenvalue weighted by Gasteiger charge is -2.20. The number of anilines is 1. The Kier molecular flexibility index (Phi) is 2.80. The van der Waals surface area contributed by atoms with Crippen LogP contribution in [0.3, 0.4) is 0 Å². The van der Waals surface area contributed by atoms with Crippen molar-refractivity contribution < 1.29 is 0 Å². The molecule has 0 spiro atoms. The van der Waals surface area contributed by atoms with Gasteiger partial charge in [-0.2, -0.15) is 5.10 Å². The molecule has 0 saturated carbocycles. The highest BCUT2D eigenvalue weighted by Gasteiger charge is 2.23. The van der Waals surface area contributed by atoms with Gasteiger partial charge >= 0.3 is 0 Å². The predicted octanol–water partition coefficient (Wildman–Crippen LogP) is 1.15. The summed E-state index contributed by atoms with van der Waals surface area (Å²) in [5.41, 5.74) is 1.11. The molecule has 3 aromatic heterocycles. The Labute approximate surface area is 140 Å². The van der Waals surface area contributed by atoms with Crippen molar-refractivity contribution in [2.75, 3.05) is 4.90 Å². The summed E-state index contributed by atoms with van der Waals surface area (Å²) in [4.78, 5) is 25.5.